The number of ketones is 1. The van der Waals surface area contributed by atoms with E-state index in [2.05, 4.69) is 10.3 Å². The second-order valence-corrected chi connectivity index (χ2v) is 7.54. The molecule has 3 aromatic rings. The van der Waals surface area contributed by atoms with Gasteiger partial charge in [0, 0.05) is 12.2 Å². The van der Waals surface area contributed by atoms with Gasteiger partial charge in [0.15, 0.2) is 5.78 Å². The lowest BCUT2D eigenvalue weighted by Gasteiger charge is -2.27. The molecular weight excluding hydrogens is 381 g/mol. The minimum absolute atomic E-state index is 0.00467. The Bertz CT molecular complexity index is 1020. The van der Waals surface area contributed by atoms with Crippen LogP contribution in [0.3, 0.4) is 0 Å². The van der Waals surface area contributed by atoms with Gasteiger partial charge in [0.05, 0.1) is 16.6 Å². The number of carboxylic acids is 1. The number of thiophene rings is 1. The Morgan fingerprint density at radius 3 is 2.93 bits per heavy atom. The Balaban J connectivity index is 1.42. The Kier molecular flexibility index (Phi) is 4.97. The number of carboxylic acid groups (broad SMARTS) is 1. The number of Topliss-reactive ketones (excluding diaryl/α,β-unsaturated/α-hetero) is 1. The maximum Gasteiger partial charge on any atom is 0.526 e. The highest BCUT2D eigenvalue weighted by atomic mass is 32.1. The van der Waals surface area contributed by atoms with Gasteiger partial charge < -0.3 is 14.8 Å². The Hall–Kier alpha value is -2.98. The standard InChI is InChI=1S/C18H16BN3O5S/c23-13(9-22-10-15(20-21-22)16-5-2-6-28-16)8-12-7-11-3-1-4-14(18(24)25)17(11)27-19(12)26/h1-6,10,12,26H,7-9H2,(H,24,25)/t12-/m1/s1. The molecule has 8 nitrogen and oxygen atoms in total. The summed E-state index contributed by atoms with van der Waals surface area (Å²) in [4.78, 5) is 24.7. The maximum absolute atomic E-state index is 12.5. The molecule has 1 atom stereocenters. The van der Waals surface area contributed by atoms with E-state index in [9.17, 15) is 19.7 Å². The van der Waals surface area contributed by atoms with Crippen LogP contribution < -0.4 is 4.65 Å². The van der Waals surface area contributed by atoms with Gasteiger partial charge in [-0.05, 0) is 29.5 Å². The summed E-state index contributed by atoms with van der Waals surface area (Å²) >= 11 is 1.54. The summed E-state index contributed by atoms with van der Waals surface area (Å²) in [5.41, 5.74) is 1.38. The van der Waals surface area contributed by atoms with Crippen LogP contribution in [0.5, 0.6) is 5.75 Å². The third kappa shape index (κ3) is 3.69. The van der Waals surface area contributed by atoms with Crippen molar-refractivity contribution in [3.05, 3.63) is 53.0 Å². The zero-order valence-corrected chi connectivity index (χ0v) is 15.5. The van der Waals surface area contributed by atoms with Crippen LogP contribution in [0.15, 0.2) is 41.9 Å². The van der Waals surface area contributed by atoms with Crippen molar-refractivity contribution in [2.24, 2.45) is 0 Å². The fourth-order valence-electron chi connectivity index (χ4n) is 3.28. The van der Waals surface area contributed by atoms with Gasteiger partial charge in [0.2, 0.25) is 0 Å². The van der Waals surface area contributed by atoms with Gasteiger partial charge in [0.25, 0.3) is 0 Å². The van der Waals surface area contributed by atoms with Crippen LogP contribution in [-0.4, -0.2) is 44.0 Å². The minimum atomic E-state index is -1.24. The highest BCUT2D eigenvalue weighted by Gasteiger charge is 2.37. The van der Waals surface area contributed by atoms with Crippen molar-refractivity contribution >= 4 is 30.2 Å². The number of para-hydroxylation sites is 1. The second kappa shape index (κ2) is 7.57. The van der Waals surface area contributed by atoms with Crippen LogP contribution in [0.25, 0.3) is 10.6 Å². The molecule has 4 rings (SSSR count). The van der Waals surface area contributed by atoms with Crippen molar-refractivity contribution in [1.29, 1.82) is 0 Å². The first-order valence-corrected chi connectivity index (χ1v) is 9.55. The predicted molar refractivity (Wildman–Crippen MR) is 102 cm³/mol. The molecule has 0 bridgehead atoms. The number of nitrogens with zero attached hydrogens (tertiary/aromatic N) is 3. The van der Waals surface area contributed by atoms with E-state index in [1.165, 1.54) is 10.7 Å². The average molecular weight is 397 g/mol. The van der Waals surface area contributed by atoms with Crippen molar-refractivity contribution in [3.63, 3.8) is 0 Å². The minimum Gasteiger partial charge on any atom is -0.535 e. The Morgan fingerprint density at radius 2 is 2.18 bits per heavy atom. The number of carbonyl (C=O) groups excluding carboxylic acids is 1. The molecule has 0 aliphatic carbocycles. The Morgan fingerprint density at radius 1 is 1.32 bits per heavy atom. The van der Waals surface area contributed by atoms with E-state index in [1.54, 1.807) is 29.7 Å². The smallest absolute Gasteiger partial charge is 0.526 e. The molecule has 1 aliphatic rings. The van der Waals surface area contributed by atoms with E-state index in [0.717, 1.165) is 4.88 Å². The molecule has 0 amide bonds. The van der Waals surface area contributed by atoms with Gasteiger partial charge in [-0.3, -0.25) is 4.79 Å². The van der Waals surface area contributed by atoms with Gasteiger partial charge in [-0.25, -0.2) is 9.48 Å². The van der Waals surface area contributed by atoms with Crippen molar-refractivity contribution < 1.29 is 24.4 Å². The molecule has 1 aromatic carbocycles. The number of aromatic carboxylic acids is 1. The molecule has 0 saturated heterocycles. The number of aromatic nitrogens is 3. The first-order valence-electron chi connectivity index (χ1n) is 8.67. The molecule has 142 valence electrons. The molecule has 1 aliphatic heterocycles. The zero-order valence-electron chi connectivity index (χ0n) is 14.7. The number of benzene rings is 1. The first-order chi connectivity index (χ1) is 13.5. The van der Waals surface area contributed by atoms with Crippen molar-refractivity contribution in [2.75, 3.05) is 0 Å². The third-order valence-corrected chi connectivity index (χ3v) is 5.48. The van der Waals surface area contributed by atoms with Crippen LogP contribution in [0, 0.1) is 0 Å². The van der Waals surface area contributed by atoms with E-state index in [1.807, 2.05) is 17.5 Å². The number of rotatable bonds is 6. The summed E-state index contributed by atoms with van der Waals surface area (Å²) in [6, 6.07) is 8.65. The summed E-state index contributed by atoms with van der Waals surface area (Å²) in [6.07, 6.45) is 2.17. The number of hydrogen-bond donors (Lipinski definition) is 2. The van der Waals surface area contributed by atoms with E-state index in [4.69, 9.17) is 4.65 Å². The van der Waals surface area contributed by atoms with Crippen LogP contribution in [0.1, 0.15) is 22.3 Å². The van der Waals surface area contributed by atoms with Crippen molar-refractivity contribution in [1.82, 2.24) is 15.0 Å². The fraction of sp³-hybridized carbons (Fsp3) is 0.222. The summed E-state index contributed by atoms with van der Waals surface area (Å²) in [7, 11) is -1.24. The van der Waals surface area contributed by atoms with Gasteiger partial charge in [0.1, 0.15) is 18.0 Å². The van der Waals surface area contributed by atoms with Gasteiger partial charge in [-0.2, -0.15) is 0 Å². The molecule has 0 spiro atoms. The van der Waals surface area contributed by atoms with Crippen molar-refractivity contribution in [2.45, 2.75) is 25.2 Å². The molecular formula is C18H16BN3O5S. The lowest BCUT2D eigenvalue weighted by Crippen LogP contribution is -2.36. The largest absolute Gasteiger partial charge is 0.535 e. The molecule has 0 unspecified atom stereocenters. The topological polar surface area (TPSA) is 115 Å². The van der Waals surface area contributed by atoms with E-state index < -0.39 is 18.9 Å². The first kappa shape index (κ1) is 18.4. The Labute approximate surface area is 164 Å². The SMILES string of the molecule is O=C(C[C@H]1Cc2cccc(C(=O)O)c2OB1O)Cn1cc(-c2cccs2)nn1. The van der Waals surface area contributed by atoms with Crippen LogP contribution in [-0.2, 0) is 17.8 Å². The lowest BCUT2D eigenvalue weighted by atomic mass is 9.64. The average Bonchev–Trinajstić information content (AvgIpc) is 3.33. The molecule has 0 fully saturated rings. The molecule has 2 aromatic heterocycles. The maximum atomic E-state index is 12.5. The van der Waals surface area contributed by atoms with Gasteiger partial charge in [-0.1, -0.05) is 23.4 Å². The van der Waals surface area contributed by atoms with Crippen LogP contribution in [0.2, 0.25) is 5.82 Å². The molecule has 0 radical (unpaired) electrons. The van der Waals surface area contributed by atoms with Crippen LogP contribution >= 0.6 is 11.3 Å². The summed E-state index contributed by atoms with van der Waals surface area (Å²) < 4.78 is 6.91. The monoisotopic (exact) mass is 397 g/mol. The number of hydrogen-bond acceptors (Lipinski definition) is 7. The van der Waals surface area contributed by atoms with Gasteiger partial charge in [-0.15, -0.1) is 16.4 Å². The second-order valence-electron chi connectivity index (χ2n) is 6.59. The number of fused-ring (bicyclic) bond motifs is 1. The van der Waals surface area contributed by atoms with E-state index in [0.29, 0.717) is 17.7 Å². The quantitative estimate of drug-likeness (QED) is 0.613. The normalized spacial score (nSPS) is 15.8. The summed E-state index contributed by atoms with van der Waals surface area (Å²) in [5.74, 6) is -1.52. The molecule has 3 heterocycles. The zero-order chi connectivity index (χ0) is 19.7. The summed E-state index contributed by atoms with van der Waals surface area (Å²) in [6.45, 7) is 0.0453. The van der Waals surface area contributed by atoms with E-state index in [-0.39, 0.29) is 30.1 Å². The number of carbonyl (C=O) groups is 2. The summed E-state index contributed by atoms with van der Waals surface area (Å²) in [5, 5.41) is 29.5. The van der Waals surface area contributed by atoms with E-state index >= 15 is 0 Å². The molecule has 28 heavy (non-hydrogen) atoms. The molecule has 0 saturated carbocycles. The highest BCUT2D eigenvalue weighted by molar-refractivity contribution is 7.13. The molecule has 10 heteroatoms. The third-order valence-electron chi connectivity index (χ3n) is 4.59. The predicted octanol–water partition coefficient (Wildman–Crippen LogP) is 2.15. The highest BCUT2D eigenvalue weighted by Crippen LogP contribution is 2.36. The molecule has 2 N–H and O–H groups in total. The van der Waals surface area contributed by atoms with Crippen molar-refractivity contribution in [3.8, 4) is 16.3 Å². The lowest BCUT2D eigenvalue weighted by molar-refractivity contribution is -0.120. The van der Waals surface area contributed by atoms with Gasteiger partial charge >= 0.3 is 13.1 Å². The van der Waals surface area contributed by atoms with Crippen LogP contribution in [0.4, 0.5) is 0 Å². The fourth-order valence-corrected chi connectivity index (χ4v) is 3.95.